The van der Waals surface area contributed by atoms with E-state index >= 15 is 0 Å². The van der Waals surface area contributed by atoms with E-state index in [1.165, 1.54) is 0 Å². The summed E-state index contributed by atoms with van der Waals surface area (Å²) < 4.78 is 0. The Bertz CT molecular complexity index is 231. The molecule has 0 heterocycles. The number of carboxylic acid groups (broad SMARTS) is 1. The van der Waals surface area contributed by atoms with Crippen molar-refractivity contribution in [1.82, 2.24) is 4.90 Å². The molecule has 17 heavy (non-hydrogen) atoms. The molecule has 2 N–H and O–H groups in total. The van der Waals surface area contributed by atoms with Crippen LogP contribution in [0.3, 0.4) is 0 Å². The van der Waals surface area contributed by atoms with Crippen LogP contribution in [-0.2, 0) is 9.59 Å². The predicted octanol–water partition coefficient (Wildman–Crippen LogP) is 1.25. The lowest BCUT2D eigenvalue weighted by atomic mass is 10.2. The van der Waals surface area contributed by atoms with Gasteiger partial charge in [-0.25, -0.2) is 0 Å². The molecular weight excluding hydrogens is 222 g/mol. The molecule has 0 atom stereocenters. The third kappa shape index (κ3) is 8.68. The lowest BCUT2D eigenvalue weighted by Crippen LogP contribution is -2.34. The standard InChI is InChI=1S/C12H23NO4/c1-2-3-4-6-11(15)13(8-5-10-14)9-7-12(16)17/h14H,2-10H2,1H3,(H,16,17). The third-order valence-electron chi connectivity index (χ3n) is 2.53. The first kappa shape index (κ1) is 15.9. The first-order valence-corrected chi connectivity index (χ1v) is 6.22. The van der Waals surface area contributed by atoms with Gasteiger partial charge in [0.15, 0.2) is 0 Å². The Morgan fingerprint density at radius 3 is 2.29 bits per heavy atom. The number of carbonyl (C=O) groups excluding carboxylic acids is 1. The smallest absolute Gasteiger partial charge is 0.305 e. The van der Waals surface area contributed by atoms with Gasteiger partial charge in [0.25, 0.3) is 0 Å². The second-order valence-corrected chi connectivity index (χ2v) is 4.06. The molecule has 0 aliphatic carbocycles. The highest BCUT2D eigenvalue weighted by Crippen LogP contribution is 2.05. The number of unbranched alkanes of at least 4 members (excludes halogenated alkanes) is 2. The molecule has 0 aromatic rings. The van der Waals surface area contributed by atoms with Crippen LogP contribution < -0.4 is 0 Å². The lowest BCUT2D eigenvalue weighted by Gasteiger charge is -2.21. The summed E-state index contributed by atoms with van der Waals surface area (Å²) in [5, 5.41) is 17.3. The van der Waals surface area contributed by atoms with Crippen LogP contribution in [0.2, 0.25) is 0 Å². The third-order valence-corrected chi connectivity index (χ3v) is 2.53. The lowest BCUT2D eigenvalue weighted by molar-refractivity contribution is -0.138. The molecule has 0 fully saturated rings. The summed E-state index contributed by atoms with van der Waals surface area (Å²) in [6, 6.07) is 0. The molecule has 0 bridgehead atoms. The van der Waals surface area contributed by atoms with Crippen molar-refractivity contribution < 1.29 is 19.8 Å². The Hall–Kier alpha value is -1.10. The molecule has 0 aliphatic heterocycles. The van der Waals surface area contributed by atoms with Crippen LogP contribution >= 0.6 is 0 Å². The number of carboxylic acids is 1. The quantitative estimate of drug-likeness (QED) is 0.568. The summed E-state index contributed by atoms with van der Waals surface area (Å²) in [5.41, 5.74) is 0. The molecule has 0 unspecified atom stereocenters. The van der Waals surface area contributed by atoms with E-state index in [-0.39, 0.29) is 25.5 Å². The minimum Gasteiger partial charge on any atom is -0.481 e. The Morgan fingerprint density at radius 1 is 1.06 bits per heavy atom. The number of nitrogens with zero attached hydrogens (tertiary/aromatic N) is 1. The topological polar surface area (TPSA) is 77.8 Å². The van der Waals surface area contributed by atoms with Crippen molar-refractivity contribution in [3.8, 4) is 0 Å². The van der Waals surface area contributed by atoms with Crippen molar-refractivity contribution >= 4 is 11.9 Å². The van der Waals surface area contributed by atoms with E-state index in [4.69, 9.17) is 10.2 Å². The number of amides is 1. The highest BCUT2D eigenvalue weighted by Gasteiger charge is 2.13. The van der Waals surface area contributed by atoms with E-state index in [1.54, 1.807) is 4.90 Å². The highest BCUT2D eigenvalue weighted by atomic mass is 16.4. The largest absolute Gasteiger partial charge is 0.481 e. The SMILES string of the molecule is CCCCCC(=O)N(CCCO)CCC(=O)O. The van der Waals surface area contributed by atoms with Gasteiger partial charge in [0.1, 0.15) is 0 Å². The first-order valence-electron chi connectivity index (χ1n) is 6.22. The van der Waals surface area contributed by atoms with E-state index in [0.717, 1.165) is 19.3 Å². The van der Waals surface area contributed by atoms with Crippen LogP contribution in [0.5, 0.6) is 0 Å². The fourth-order valence-electron chi connectivity index (χ4n) is 1.54. The van der Waals surface area contributed by atoms with Gasteiger partial charge in [-0.2, -0.15) is 0 Å². The first-order chi connectivity index (χ1) is 8.11. The van der Waals surface area contributed by atoms with Gasteiger partial charge in [0.2, 0.25) is 5.91 Å². The van der Waals surface area contributed by atoms with Crippen molar-refractivity contribution in [3.05, 3.63) is 0 Å². The number of rotatable bonds is 10. The molecule has 100 valence electrons. The maximum atomic E-state index is 11.8. The van der Waals surface area contributed by atoms with Gasteiger partial charge < -0.3 is 15.1 Å². The van der Waals surface area contributed by atoms with Gasteiger partial charge in [0, 0.05) is 26.1 Å². The monoisotopic (exact) mass is 245 g/mol. The molecule has 0 saturated carbocycles. The van der Waals surface area contributed by atoms with Crippen LogP contribution in [0.1, 0.15) is 45.4 Å². The maximum Gasteiger partial charge on any atom is 0.305 e. The zero-order chi connectivity index (χ0) is 13.1. The summed E-state index contributed by atoms with van der Waals surface area (Å²) in [7, 11) is 0. The molecule has 0 spiro atoms. The molecule has 0 radical (unpaired) electrons. The molecule has 1 amide bonds. The zero-order valence-corrected chi connectivity index (χ0v) is 10.5. The van der Waals surface area contributed by atoms with Crippen LogP contribution in [0, 0.1) is 0 Å². The minimum absolute atomic E-state index is 0.00634. The maximum absolute atomic E-state index is 11.8. The second-order valence-electron chi connectivity index (χ2n) is 4.06. The number of hydrogen-bond donors (Lipinski definition) is 2. The zero-order valence-electron chi connectivity index (χ0n) is 10.5. The van der Waals surface area contributed by atoms with E-state index < -0.39 is 5.97 Å². The number of carbonyl (C=O) groups is 2. The average Bonchev–Trinajstić information content (AvgIpc) is 2.29. The molecular formula is C12H23NO4. The minimum atomic E-state index is -0.902. The summed E-state index contributed by atoms with van der Waals surface area (Å²) in [5.74, 6) is -0.909. The van der Waals surface area contributed by atoms with Gasteiger partial charge in [0.05, 0.1) is 6.42 Å². The average molecular weight is 245 g/mol. The molecule has 0 aromatic carbocycles. The fourth-order valence-corrected chi connectivity index (χ4v) is 1.54. The normalized spacial score (nSPS) is 10.2. The summed E-state index contributed by atoms with van der Waals surface area (Å²) in [6.07, 6.45) is 3.85. The Labute approximate surface area is 102 Å². The summed E-state index contributed by atoms with van der Waals surface area (Å²) in [6.45, 7) is 2.76. The fraction of sp³-hybridized carbons (Fsp3) is 0.833. The van der Waals surface area contributed by atoms with Crippen molar-refractivity contribution in [2.45, 2.75) is 45.4 Å². The number of aliphatic hydroxyl groups excluding tert-OH is 1. The Kier molecular flexibility index (Phi) is 9.43. The number of aliphatic carboxylic acids is 1. The molecule has 5 heteroatoms. The predicted molar refractivity (Wildman–Crippen MR) is 64.7 cm³/mol. The second kappa shape index (κ2) is 10.1. The Morgan fingerprint density at radius 2 is 1.76 bits per heavy atom. The van der Waals surface area contributed by atoms with Crippen LogP contribution in [0.25, 0.3) is 0 Å². The van der Waals surface area contributed by atoms with Gasteiger partial charge in [-0.15, -0.1) is 0 Å². The van der Waals surface area contributed by atoms with E-state index in [2.05, 4.69) is 6.92 Å². The van der Waals surface area contributed by atoms with Crippen LogP contribution in [0.15, 0.2) is 0 Å². The van der Waals surface area contributed by atoms with Gasteiger partial charge >= 0.3 is 5.97 Å². The van der Waals surface area contributed by atoms with E-state index in [1.807, 2.05) is 0 Å². The van der Waals surface area contributed by atoms with Crippen LogP contribution in [0.4, 0.5) is 0 Å². The molecule has 0 aliphatic rings. The number of aliphatic hydroxyl groups is 1. The number of hydrogen-bond acceptors (Lipinski definition) is 3. The van der Waals surface area contributed by atoms with Crippen molar-refractivity contribution in [3.63, 3.8) is 0 Å². The highest BCUT2D eigenvalue weighted by molar-refractivity contribution is 5.77. The van der Waals surface area contributed by atoms with Crippen LogP contribution in [-0.4, -0.2) is 46.7 Å². The molecule has 5 nitrogen and oxygen atoms in total. The molecule has 0 rings (SSSR count). The van der Waals surface area contributed by atoms with Crippen molar-refractivity contribution in [2.75, 3.05) is 19.7 Å². The molecule has 0 saturated heterocycles. The van der Waals surface area contributed by atoms with E-state index in [9.17, 15) is 9.59 Å². The molecule has 0 aromatic heterocycles. The summed E-state index contributed by atoms with van der Waals surface area (Å²) >= 11 is 0. The van der Waals surface area contributed by atoms with Gasteiger partial charge in [-0.05, 0) is 12.8 Å². The van der Waals surface area contributed by atoms with E-state index in [0.29, 0.717) is 19.4 Å². The van der Waals surface area contributed by atoms with Crippen molar-refractivity contribution in [1.29, 1.82) is 0 Å². The van der Waals surface area contributed by atoms with Gasteiger partial charge in [-0.3, -0.25) is 9.59 Å². The van der Waals surface area contributed by atoms with Crippen molar-refractivity contribution in [2.24, 2.45) is 0 Å². The summed E-state index contributed by atoms with van der Waals surface area (Å²) in [4.78, 5) is 23.8. The Balaban J connectivity index is 4.04. The van der Waals surface area contributed by atoms with Gasteiger partial charge in [-0.1, -0.05) is 19.8 Å².